The largest absolute Gasteiger partial charge is 0.378 e. The van der Waals surface area contributed by atoms with Crippen molar-refractivity contribution in [3.8, 4) is 0 Å². The second-order valence-corrected chi connectivity index (χ2v) is 5.70. The first-order valence-electron chi connectivity index (χ1n) is 8.86. The predicted molar refractivity (Wildman–Crippen MR) is 96.9 cm³/mol. The normalized spacial score (nSPS) is 13.7. The maximum Gasteiger partial charge on any atom is 0.222 e. The number of ether oxygens (including phenoxy) is 3. The zero-order chi connectivity index (χ0) is 17.3. The Morgan fingerprint density at radius 2 is 1.39 bits per heavy atom. The Morgan fingerprint density at radius 1 is 0.870 bits per heavy atom. The molecule has 6 heteroatoms. The summed E-state index contributed by atoms with van der Waals surface area (Å²) in [6, 6.07) is 0.543. The molecule has 0 rings (SSSR count). The summed E-state index contributed by atoms with van der Waals surface area (Å²) in [5.74, 6) is 0.158. The molecule has 23 heavy (non-hydrogen) atoms. The van der Waals surface area contributed by atoms with Crippen molar-refractivity contribution in [1.29, 1.82) is 0 Å². The van der Waals surface area contributed by atoms with Gasteiger partial charge in [0.05, 0.1) is 39.6 Å². The summed E-state index contributed by atoms with van der Waals surface area (Å²) in [6.07, 6.45) is 1.99. The van der Waals surface area contributed by atoms with Crippen LogP contribution < -0.4 is 10.6 Å². The van der Waals surface area contributed by atoms with Gasteiger partial charge in [0.15, 0.2) is 0 Å². The minimum absolute atomic E-state index is 0. The lowest BCUT2D eigenvalue weighted by Crippen LogP contribution is -2.31. The SMILES string of the molecule is CCC(C)NCCOCCOCCOCCNC(=O)C(C)CC.[HH].[HH]. The smallest absolute Gasteiger partial charge is 0.222 e. The Hall–Kier alpha value is -0.690. The van der Waals surface area contributed by atoms with E-state index in [1.54, 1.807) is 0 Å². The molecular weight excluding hydrogens is 296 g/mol. The fourth-order valence-electron chi connectivity index (χ4n) is 1.67. The topological polar surface area (TPSA) is 68.8 Å². The zero-order valence-corrected chi connectivity index (χ0v) is 15.4. The molecular formula is C17H40N2O4. The van der Waals surface area contributed by atoms with E-state index in [2.05, 4.69) is 24.5 Å². The minimum atomic E-state index is 0. The van der Waals surface area contributed by atoms with Gasteiger partial charge in [-0.1, -0.05) is 20.8 Å². The van der Waals surface area contributed by atoms with E-state index in [9.17, 15) is 4.79 Å². The second kappa shape index (κ2) is 16.2. The van der Waals surface area contributed by atoms with E-state index >= 15 is 0 Å². The molecule has 142 valence electrons. The monoisotopic (exact) mass is 336 g/mol. The molecule has 0 saturated heterocycles. The van der Waals surface area contributed by atoms with Crippen LogP contribution >= 0.6 is 0 Å². The molecule has 2 unspecified atom stereocenters. The lowest BCUT2D eigenvalue weighted by atomic mass is 10.1. The molecule has 0 aliphatic heterocycles. The third-order valence-electron chi connectivity index (χ3n) is 3.70. The van der Waals surface area contributed by atoms with Crippen LogP contribution in [-0.2, 0) is 19.0 Å². The summed E-state index contributed by atoms with van der Waals surface area (Å²) >= 11 is 0. The van der Waals surface area contributed by atoms with Gasteiger partial charge in [-0.25, -0.2) is 0 Å². The van der Waals surface area contributed by atoms with Gasteiger partial charge >= 0.3 is 0 Å². The van der Waals surface area contributed by atoms with Crippen LogP contribution in [0.3, 0.4) is 0 Å². The molecule has 0 aromatic rings. The molecule has 0 radical (unpaired) electrons. The van der Waals surface area contributed by atoms with Gasteiger partial charge in [-0.15, -0.1) is 0 Å². The summed E-state index contributed by atoms with van der Waals surface area (Å²) < 4.78 is 16.3. The van der Waals surface area contributed by atoms with Crippen LogP contribution in [0.4, 0.5) is 0 Å². The van der Waals surface area contributed by atoms with Crippen LogP contribution in [0.25, 0.3) is 0 Å². The zero-order valence-electron chi connectivity index (χ0n) is 15.4. The Balaban J connectivity index is -0.00000242. The fraction of sp³-hybridized carbons (Fsp3) is 0.941. The first-order chi connectivity index (χ1) is 11.1. The fourth-order valence-corrected chi connectivity index (χ4v) is 1.67. The molecule has 2 atom stereocenters. The lowest BCUT2D eigenvalue weighted by molar-refractivity contribution is -0.124. The predicted octanol–water partition coefficient (Wildman–Crippen LogP) is 2.08. The highest BCUT2D eigenvalue weighted by molar-refractivity contribution is 5.78. The number of nitrogens with one attached hydrogen (secondary N) is 2. The summed E-state index contributed by atoms with van der Waals surface area (Å²) in [5, 5.41) is 6.21. The average Bonchev–Trinajstić information content (AvgIpc) is 2.57. The van der Waals surface area contributed by atoms with Gasteiger partial charge in [0.25, 0.3) is 0 Å². The third-order valence-corrected chi connectivity index (χ3v) is 3.70. The van der Waals surface area contributed by atoms with Crippen LogP contribution in [0, 0.1) is 5.92 Å². The highest BCUT2D eigenvalue weighted by Crippen LogP contribution is 1.98. The van der Waals surface area contributed by atoms with Crippen LogP contribution in [0.2, 0.25) is 0 Å². The number of rotatable bonds is 16. The quantitative estimate of drug-likeness (QED) is 0.422. The third kappa shape index (κ3) is 14.6. The highest BCUT2D eigenvalue weighted by atomic mass is 16.5. The van der Waals surface area contributed by atoms with E-state index in [4.69, 9.17) is 14.2 Å². The van der Waals surface area contributed by atoms with Crippen molar-refractivity contribution in [1.82, 2.24) is 10.6 Å². The maximum atomic E-state index is 11.5. The van der Waals surface area contributed by atoms with Crippen LogP contribution in [0.15, 0.2) is 0 Å². The average molecular weight is 337 g/mol. The van der Waals surface area contributed by atoms with Crippen molar-refractivity contribution < 1.29 is 21.9 Å². The standard InChI is InChI=1S/C17H36N2O4.2H2/c1-5-15(3)17(20)19-8-10-22-12-14-23-13-11-21-9-7-18-16(4)6-2;;/h15-16,18H,5-14H2,1-4H3,(H,19,20);2*1H. The van der Waals surface area contributed by atoms with Crippen molar-refractivity contribution in [3.63, 3.8) is 0 Å². The summed E-state index contributed by atoms with van der Waals surface area (Å²) in [5.41, 5.74) is 0. The van der Waals surface area contributed by atoms with E-state index in [0.717, 1.165) is 19.4 Å². The Bertz CT molecular complexity index is 287. The van der Waals surface area contributed by atoms with Crippen molar-refractivity contribution in [2.75, 3.05) is 52.7 Å². The molecule has 6 nitrogen and oxygen atoms in total. The van der Waals surface area contributed by atoms with E-state index in [0.29, 0.717) is 52.2 Å². The van der Waals surface area contributed by atoms with E-state index in [-0.39, 0.29) is 14.7 Å². The number of carbonyl (C=O) groups excluding carboxylic acids is 1. The highest BCUT2D eigenvalue weighted by Gasteiger charge is 2.08. The Labute approximate surface area is 144 Å². The Kier molecular flexibility index (Phi) is 15.7. The van der Waals surface area contributed by atoms with Gasteiger partial charge in [-0.3, -0.25) is 4.79 Å². The summed E-state index contributed by atoms with van der Waals surface area (Å²) in [7, 11) is 0. The molecule has 0 fully saturated rings. The van der Waals surface area contributed by atoms with Gasteiger partial charge in [0, 0.05) is 27.9 Å². The van der Waals surface area contributed by atoms with Crippen LogP contribution in [0.5, 0.6) is 0 Å². The van der Waals surface area contributed by atoms with Gasteiger partial charge in [0.2, 0.25) is 5.91 Å². The van der Waals surface area contributed by atoms with Gasteiger partial charge in [0.1, 0.15) is 0 Å². The first-order valence-corrected chi connectivity index (χ1v) is 8.86. The number of hydrogen-bond donors (Lipinski definition) is 2. The van der Waals surface area contributed by atoms with Crippen molar-refractivity contribution >= 4 is 5.91 Å². The van der Waals surface area contributed by atoms with Crippen LogP contribution in [0.1, 0.15) is 43.4 Å². The maximum absolute atomic E-state index is 11.5. The summed E-state index contributed by atoms with van der Waals surface area (Å²) in [6.45, 7) is 13.2. The molecule has 0 saturated carbocycles. The molecule has 0 aliphatic carbocycles. The molecule has 1 amide bonds. The molecule has 0 aromatic carbocycles. The van der Waals surface area contributed by atoms with Crippen LogP contribution in [-0.4, -0.2) is 64.7 Å². The van der Waals surface area contributed by atoms with Crippen molar-refractivity contribution in [2.45, 2.75) is 46.6 Å². The molecule has 0 spiro atoms. The molecule has 0 aromatic heterocycles. The van der Waals surface area contributed by atoms with E-state index in [1.165, 1.54) is 0 Å². The van der Waals surface area contributed by atoms with Gasteiger partial charge in [-0.2, -0.15) is 0 Å². The number of carbonyl (C=O) groups is 1. The van der Waals surface area contributed by atoms with Crippen molar-refractivity contribution in [3.05, 3.63) is 0 Å². The Morgan fingerprint density at radius 3 is 1.91 bits per heavy atom. The molecule has 2 N–H and O–H groups in total. The van der Waals surface area contributed by atoms with Gasteiger partial charge in [-0.05, 0) is 19.8 Å². The van der Waals surface area contributed by atoms with E-state index < -0.39 is 0 Å². The number of hydrogen-bond acceptors (Lipinski definition) is 5. The lowest BCUT2D eigenvalue weighted by Gasteiger charge is -2.11. The van der Waals surface area contributed by atoms with E-state index in [1.807, 2.05) is 13.8 Å². The van der Waals surface area contributed by atoms with Crippen molar-refractivity contribution in [2.24, 2.45) is 5.92 Å². The molecule has 0 aliphatic rings. The first kappa shape index (κ1) is 22.3. The second-order valence-electron chi connectivity index (χ2n) is 5.70. The molecule has 0 heterocycles. The number of amides is 1. The molecule has 0 bridgehead atoms. The minimum Gasteiger partial charge on any atom is -0.378 e. The van der Waals surface area contributed by atoms with Gasteiger partial charge < -0.3 is 24.8 Å². The summed E-state index contributed by atoms with van der Waals surface area (Å²) in [4.78, 5) is 11.5.